The summed E-state index contributed by atoms with van der Waals surface area (Å²) in [4.78, 5) is 0. The number of halogens is 2. The fourth-order valence-corrected chi connectivity index (χ4v) is 16.6. The van der Waals surface area contributed by atoms with Crippen molar-refractivity contribution < 1.29 is 47.7 Å². The van der Waals surface area contributed by atoms with Crippen LogP contribution >= 0.6 is 0 Å². The molecule has 0 aromatic carbocycles. The molecule has 21 heavy (non-hydrogen) atoms. The molecule has 0 nitrogen and oxygen atoms in total. The van der Waals surface area contributed by atoms with Crippen LogP contribution in [0.3, 0.4) is 0 Å². The zero-order valence-electron chi connectivity index (χ0n) is 13.0. The summed E-state index contributed by atoms with van der Waals surface area (Å²) < 4.78 is 3.77. The molecular formula is C17H24Cl2HfSi. The summed E-state index contributed by atoms with van der Waals surface area (Å²) >= 11 is -0.717. The summed E-state index contributed by atoms with van der Waals surface area (Å²) in [6.45, 7) is 4.79. The minimum atomic E-state index is -0.958. The largest absolute Gasteiger partial charge is 1.00 e. The fourth-order valence-electron chi connectivity index (χ4n) is 3.84. The third-order valence-corrected chi connectivity index (χ3v) is 17.6. The van der Waals surface area contributed by atoms with E-state index in [1.54, 1.807) is 23.7 Å². The van der Waals surface area contributed by atoms with Crippen LogP contribution in [0, 0.1) is 0 Å². The number of rotatable bonds is 5. The van der Waals surface area contributed by atoms with Gasteiger partial charge in [0.25, 0.3) is 0 Å². The van der Waals surface area contributed by atoms with Gasteiger partial charge in [-0.2, -0.15) is 0 Å². The van der Waals surface area contributed by atoms with E-state index in [1.165, 1.54) is 25.7 Å². The van der Waals surface area contributed by atoms with Crippen molar-refractivity contribution in [2.24, 2.45) is 0 Å². The molecule has 1 aliphatic heterocycles. The van der Waals surface area contributed by atoms with Gasteiger partial charge in [0, 0.05) is 0 Å². The second-order valence-electron chi connectivity index (χ2n) is 6.28. The van der Waals surface area contributed by atoms with Gasteiger partial charge in [-0.15, -0.1) is 0 Å². The van der Waals surface area contributed by atoms with Crippen LogP contribution in [0.1, 0.15) is 39.5 Å². The van der Waals surface area contributed by atoms with Gasteiger partial charge in [-0.1, -0.05) is 0 Å². The predicted octanol–water partition coefficient (Wildman–Crippen LogP) is -0.673. The van der Waals surface area contributed by atoms with Crippen LogP contribution in [-0.2, 0) is 22.9 Å². The Morgan fingerprint density at radius 1 is 1.19 bits per heavy atom. The van der Waals surface area contributed by atoms with Crippen molar-refractivity contribution in [3.63, 3.8) is 0 Å². The first kappa shape index (κ1) is 19.7. The molecule has 0 saturated carbocycles. The van der Waals surface area contributed by atoms with Crippen molar-refractivity contribution in [2.75, 3.05) is 0 Å². The summed E-state index contributed by atoms with van der Waals surface area (Å²) in [5.74, 6) is 0. The Morgan fingerprint density at radius 3 is 2.48 bits per heavy atom. The molecule has 1 saturated heterocycles. The van der Waals surface area contributed by atoms with E-state index in [0.717, 1.165) is 0 Å². The molecule has 114 valence electrons. The number of hydrogen-bond acceptors (Lipinski definition) is 0. The molecule has 0 aromatic rings. The van der Waals surface area contributed by atoms with Gasteiger partial charge in [-0.3, -0.25) is 0 Å². The van der Waals surface area contributed by atoms with E-state index in [4.69, 9.17) is 0 Å². The van der Waals surface area contributed by atoms with E-state index in [1.807, 2.05) is 11.9 Å². The minimum Gasteiger partial charge on any atom is -1.00 e. The third-order valence-electron chi connectivity index (χ3n) is 5.04. The van der Waals surface area contributed by atoms with Crippen molar-refractivity contribution in [2.45, 2.75) is 57.7 Å². The SMILES string of the molecule is CCC[Si]1(C2=[C]([Hf+2][C]3=CC=CC3)C(C)=CC2)CCC1.[Cl-].[Cl-]. The van der Waals surface area contributed by atoms with Gasteiger partial charge in [0.15, 0.2) is 0 Å². The summed E-state index contributed by atoms with van der Waals surface area (Å²) in [7, 11) is -0.958. The van der Waals surface area contributed by atoms with Crippen LogP contribution in [0.4, 0.5) is 0 Å². The van der Waals surface area contributed by atoms with Crippen molar-refractivity contribution in [1.29, 1.82) is 0 Å². The number of hydrogen-bond donors (Lipinski definition) is 0. The Bertz CT molecular complexity index is 499. The van der Waals surface area contributed by atoms with Crippen LogP contribution in [0.5, 0.6) is 0 Å². The van der Waals surface area contributed by atoms with Crippen molar-refractivity contribution in [3.8, 4) is 0 Å². The van der Waals surface area contributed by atoms with Gasteiger partial charge in [-0.05, 0) is 0 Å². The van der Waals surface area contributed by atoms with Gasteiger partial charge in [-0.25, -0.2) is 0 Å². The molecule has 1 heterocycles. The Labute approximate surface area is 154 Å². The van der Waals surface area contributed by atoms with E-state index in [0.29, 0.717) is 0 Å². The van der Waals surface area contributed by atoms with Crippen molar-refractivity contribution >= 4 is 8.07 Å². The molecule has 0 radical (unpaired) electrons. The second kappa shape index (κ2) is 8.47. The molecule has 0 spiro atoms. The van der Waals surface area contributed by atoms with Crippen LogP contribution in [0.25, 0.3) is 0 Å². The Hall–Kier alpha value is 0.627. The second-order valence-corrected chi connectivity index (χ2v) is 15.9. The zero-order chi connectivity index (χ0) is 13.3. The van der Waals surface area contributed by atoms with E-state index in [9.17, 15) is 0 Å². The Balaban J connectivity index is 0.00000110. The first-order chi connectivity index (χ1) is 9.25. The molecule has 4 heteroatoms. The predicted molar refractivity (Wildman–Crippen MR) is 82.3 cm³/mol. The quantitative estimate of drug-likeness (QED) is 0.435. The molecule has 1 fully saturated rings. The molecule has 0 bridgehead atoms. The van der Waals surface area contributed by atoms with E-state index < -0.39 is 31.0 Å². The molecule has 0 amide bonds. The third kappa shape index (κ3) is 3.94. The zero-order valence-corrected chi connectivity index (χ0v) is 19.1. The van der Waals surface area contributed by atoms with E-state index in [2.05, 4.69) is 38.2 Å². The normalized spacial score (nSPS) is 21.8. The summed E-state index contributed by atoms with van der Waals surface area (Å²) in [6, 6.07) is 4.80. The molecule has 3 rings (SSSR count). The van der Waals surface area contributed by atoms with Crippen LogP contribution in [-0.4, -0.2) is 8.07 Å². The Morgan fingerprint density at radius 2 is 1.95 bits per heavy atom. The van der Waals surface area contributed by atoms with Crippen molar-refractivity contribution in [1.82, 2.24) is 0 Å². The Kier molecular flexibility index (Phi) is 7.94. The maximum Gasteiger partial charge on any atom is -1.00 e. The van der Waals surface area contributed by atoms with Gasteiger partial charge in [0.2, 0.25) is 0 Å². The molecule has 0 unspecified atom stereocenters. The van der Waals surface area contributed by atoms with E-state index in [-0.39, 0.29) is 24.8 Å². The maximum atomic E-state index is 2.56. The van der Waals surface area contributed by atoms with Crippen LogP contribution in [0.15, 0.2) is 41.7 Å². The van der Waals surface area contributed by atoms with Crippen LogP contribution < -0.4 is 24.8 Å². The van der Waals surface area contributed by atoms with Gasteiger partial charge in [0.1, 0.15) is 0 Å². The summed E-state index contributed by atoms with van der Waals surface area (Å²) in [5.41, 5.74) is 1.68. The molecule has 0 aromatic heterocycles. The first-order valence-electron chi connectivity index (χ1n) is 7.79. The minimum absolute atomic E-state index is 0. The maximum absolute atomic E-state index is 2.56. The fraction of sp³-hybridized carbons (Fsp3) is 0.529. The standard InChI is InChI=1S/C12H19Si.C5H5.2ClH.Hf/c1-3-7-13(8-4-9-13)12-6-5-11(2)10-12;1-2-4-5-3-1;;;/h5H,3-4,6-9H2,1-2H3;1-3H,4H2;2*1H;/q;;;;+2/p-2. The molecule has 0 atom stereocenters. The number of allylic oxidation sites excluding steroid dienone is 8. The van der Waals surface area contributed by atoms with E-state index >= 15 is 0 Å². The molecule has 2 aliphatic carbocycles. The monoisotopic (exact) mass is 506 g/mol. The molecule has 3 aliphatic rings. The van der Waals surface area contributed by atoms with Gasteiger partial charge >= 0.3 is 130 Å². The smallest absolute Gasteiger partial charge is 1.00 e. The first-order valence-corrected chi connectivity index (χ1v) is 14.0. The average molecular weight is 506 g/mol. The van der Waals surface area contributed by atoms with Gasteiger partial charge in [0.05, 0.1) is 0 Å². The summed E-state index contributed by atoms with van der Waals surface area (Å²) in [5, 5.41) is 2.04. The van der Waals surface area contributed by atoms with Crippen molar-refractivity contribution in [3.05, 3.63) is 41.7 Å². The van der Waals surface area contributed by atoms with Gasteiger partial charge < -0.3 is 24.8 Å². The molecule has 0 N–H and O–H groups in total. The topological polar surface area (TPSA) is 0 Å². The molecular weight excluding hydrogens is 482 g/mol. The van der Waals surface area contributed by atoms with Crippen LogP contribution in [0.2, 0.25) is 18.1 Å². The summed E-state index contributed by atoms with van der Waals surface area (Å²) in [6.07, 6.45) is 15.2. The average Bonchev–Trinajstić information content (AvgIpc) is 2.97.